The molecule has 0 unspecified atom stereocenters. The van der Waals surface area contributed by atoms with Crippen LogP contribution in [0.1, 0.15) is 22.5 Å². The van der Waals surface area contributed by atoms with Crippen molar-refractivity contribution in [3.63, 3.8) is 0 Å². The molecule has 0 aliphatic carbocycles. The zero-order valence-electron chi connectivity index (χ0n) is 13.0. The Morgan fingerprint density at radius 1 is 1.05 bits per heavy atom. The Kier molecular flexibility index (Phi) is 3.65. The summed E-state index contributed by atoms with van der Waals surface area (Å²) in [5, 5.41) is 0. The van der Waals surface area contributed by atoms with Crippen LogP contribution in [0, 0.1) is 27.7 Å². The molecule has 3 rings (SSSR count). The van der Waals surface area contributed by atoms with Crippen molar-refractivity contribution in [1.29, 1.82) is 0 Å². The van der Waals surface area contributed by atoms with E-state index in [-0.39, 0.29) is 5.43 Å². The number of aromatic nitrogens is 2. The molecule has 0 amide bonds. The Labute approximate surface area is 137 Å². The lowest BCUT2D eigenvalue weighted by atomic mass is 9.97. The van der Waals surface area contributed by atoms with Gasteiger partial charge in [-0.2, -0.15) is 0 Å². The highest BCUT2D eigenvalue weighted by atomic mass is 79.9. The maximum atomic E-state index is 12.6. The fourth-order valence-corrected chi connectivity index (χ4v) is 3.19. The minimum absolute atomic E-state index is 0.00246. The van der Waals surface area contributed by atoms with Crippen molar-refractivity contribution in [3.8, 4) is 11.1 Å². The number of H-pyrrole nitrogens is 1. The maximum Gasteiger partial charge on any atom is 0.210 e. The van der Waals surface area contributed by atoms with E-state index < -0.39 is 0 Å². The summed E-state index contributed by atoms with van der Waals surface area (Å²) in [4.78, 5) is 20.5. The van der Waals surface area contributed by atoms with Gasteiger partial charge in [0.15, 0.2) is 0 Å². The number of pyridine rings is 2. The van der Waals surface area contributed by atoms with Gasteiger partial charge in [0.1, 0.15) is 5.52 Å². The molecule has 1 N–H and O–H groups in total. The van der Waals surface area contributed by atoms with Crippen LogP contribution >= 0.6 is 15.9 Å². The van der Waals surface area contributed by atoms with Gasteiger partial charge in [0.2, 0.25) is 5.43 Å². The number of aryl methyl sites for hydroxylation is 2. The first-order chi connectivity index (χ1) is 10.4. The molecule has 1 aromatic carbocycles. The van der Waals surface area contributed by atoms with Crippen LogP contribution < -0.4 is 5.43 Å². The molecule has 0 aliphatic heterocycles. The number of halogens is 1. The third kappa shape index (κ3) is 2.18. The van der Waals surface area contributed by atoms with Crippen LogP contribution in [0.5, 0.6) is 0 Å². The molecule has 22 heavy (non-hydrogen) atoms. The molecular weight excluding hydrogens is 340 g/mol. The topological polar surface area (TPSA) is 45.8 Å². The quantitative estimate of drug-likeness (QED) is 0.693. The van der Waals surface area contributed by atoms with Crippen molar-refractivity contribution in [2.24, 2.45) is 0 Å². The van der Waals surface area contributed by atoms with Gasteiger partial charge in [0.05, 0.1) is 5.52 Å². The monoisotopic (exact) mass is 356 g/mol. The Morgan fingerprint density at radius 3 is 2.41 bits per heavy atom. The Morgan fingerprint density at radius 2 is 1.73 bits per heavy atom. The first-order valence-corrected chi connectivity index (χ1v) is 7.96. The van der Waals surface area contributed by atoms with E-state index in [1.807, 2.05) is 45.9 Å². The van der Waals surface area contributed by atoms with Crippen LogP contribution in [0.2, 0.25) is 0 Å². The van der Waals surface area contributed by atoms with Crippen LogP contribution in [-0.4, -0.2) is 9.97 Å². The predicted molar refractivity (Wildman–Crippen MR) is 94.4 cm³/mol. The SMILES string of the molecule is Cc1nc2c(=O)c(C)c(C)[nH]c2c(-c2ccccc2Br)c1C. The number of aromatic amines is 1. The highest BCUT2D eigenvalue weighted by Gasteiger charge is 2.17. The van der Waals surface area contributed by atoms with Crippen molar-refractivity contribution in [3.05, 3.63) is 61.5 Å². The molecule has 112 valence electrons. The lowest BCUT2D eigenvalue weighted by Crippen LogP contribution is -2.13. The molecule has 0 fully saturated rings. The highest BCUT2D eigenvalue weighted by molar-refractivity contribution is 9.10. The molecule has 3 aromatic rings. The van der Waals surface area contributed by atoms with Gasteiger partial charge in [-0.15, -0.1) is 0 Å². The van der Waals surface area contributed by atoms with Crippen LogP contribution in [0.4, 0.5) is 0 Å². The van der Waals surface area contributed by atoms with Crippen molar-refractivity contribution >= 4 is 27.0 Å². The molecule has 0 saturated heterocycles. The molecule has 0 spiro atoms. The second-order valence-corrected chi connectivity index (χ2v) is 6.46. The normalized spacial score (nSPS) is 11.1. The molecule has 2 aromatic heterocycles. The lowest BCUT2D eigenvalue weighted by Gasteiger charge is -2.15. The van der Waals surface area contributed by atoms with E-state index in [2.05, 4.69) is 32.0 Å². The average Bonchev–Trinajstić information content (AvgIpc) is 2.49. The molecular formula is C18H17BrN2O. The van der Waals surface area contributed by atoms with Crippen molar-refractivity contribution in [2.45, 2.75) is 27.7 Å². The van der Waals surface area contributed by atoms with Crippen molar-refractivity contribution < 1.29 is 0 Å². The molecule has 4 heteroatoms. The first kappa shape index (κ1) is 15.0. The van der Waals surface area contributed by atoms with E-state index in [1.54, 1.807) is 0 Å². The minimum atomic E-state index is 0.00246. The van der Waals surface area contributed by atoms with E-state index in [9.17, 15) is 4.79 Å². The van der Waals surface area contributed by atoms with Gasteiger partial charge >= 0.3 is 0 Å². The third-order valence-electron chi connectivity index (χ3n) is 4.26. The number of nitrogens with zero attached hydrogens (tertiary/aromatic N) is 1. The zero-order valence-corrected chi connectivity index (χ0v) is 14.6. The van der Waals surface area contributed by atoms with E-state index in [1.165, 1.54) is 0 Å². The Balaban J connectivity index is 2.57. The van der Waals surface area contributed by atoms with Crippen LogP contribution in [-0.2, 0) is 0 Å². The first-order valence-electron chi connectivity index (χ1n) is 7.17. The standard InChI is InChI=1S/C18H17BrN2O/c1-9-11(3)21-17-16(20-12(4)10(2)18(17)22)15(9)13-7-5-6-8-14(13)19/h5-8H,1-4H3,(H,20,22). The predicted octanol–water partition coefficient (Wildman–Crippen LogP) is 4.59. The number of benzene rings is 1. The Bertz CT molecular complexity index is 957. The zero-order chi connectivity index (χ0) is 16.0. The van der Waals surface area contributed by atoms with Crippen molar-refractivity contribution in [2.75, 3.05) is 0 Å². The lowest BCUT2D eigenvalue weighted by molar-refractivity contribution is 1.12. The molecule has 0 aliphatic rings. The number of hydrogen-bond acceptors (Lipinski definition) is 2. The number of rotatable bonds is 1. The summed E-state index contributed by atoms with van der Waals surface area (Å²) >= 11 is 3.62. The number of fused-ring (bicyclic) bond motifs is 1. The fourth-order valence-electron chi connectivity index (χ4n) is 2.71. The van der Waals surface area contributed by atoms with Gasteiger partial charge in [-0.25, -0.2) is 4.98 Å². The second-order valence-electron chi connectivity index (χ2n) is 5.60. The van der Waals surface area contributed by atoms with Gasteiger partial charge in [-0.05, 0) is 44.9 Å². The van der Waals surface area contributed by atoms with Gasteiger partial charge in [0.25, 0.3) is 0 Å². The van der Waals surface area contributed by atoms with Gasteiger partial charge in [-0.1, -0.05) is 34.1 Å². The molecule has 0 saturated carbocycles. The molecule has 0 bridgehead atoms. The van der Waals surface area contributed by atoms with E-state index >= 15 is 0 Å². The van der Waals surface area contributed by atoms with E-state index in [0.29, 0.717) is 5.52 Å². The van der Waals surface area contributed by atoms with E-state index in [0.717, 1.165) is 43.6 Å². The van der Waals surface area contributed by atoms with Crippen LogP contribution in [0.25, 0.3) is 22.2 Å². The Hall–Kier alpha value is -1.94. The summed E-state index contributed by atoms with van der Waals surface area (Å²) in [6, 6.07) is 8.05. The van der Waals surface area contributed by atoms with Gasteiger partial charge in [0, 0.05) is 27.0 Å². The molecule has 2 heterocycles. The number of nitrogens with one attached hydrogen (secondary N) is 1. The smallest absolute Gasteiger partial charge is 0.210 e. The van der Waals surface area contributed by atoms with Gasteiger partial charge < -0.3 is 4.98 Å². The summed E-state index contributed by atoms with van der Waals surface area (Å²) in [7, 11) is 0. The maximum absolute atomic E-state index is 12.6. The largest absolute Gasteiger partial charge is 0.356 e. The summed E-state index contributed by atoms with van der Waals surface area (Å²) in [6.45, 7) is 7.76. The third-order valence-corrected chi connectivity index (χ3v) is 4.95. The van der Waals surface area contributed by atoms with Gasteiger partial charge in [-0.3, -0.25) is 4.79 Å². The minimum Gasteiger partial charge on any atom is -0.356 e. The summed E-state index contributed by atoms with van der Waals surface area (Å²) in [6.07, 6.45) is 0. The summed E-state index contributed by atoms with van der Waals surface area (Å²) in [5.41, 5.74) is 7.00. The summed E-state index contributed by atoms with van der Waals surface area (Å²) < 4.78 is 1.00. The fraction of sp³-hybridized carbons (Fsp3) is 0.222. The summed E-state index contributed by atoms with van der Waals surface area (Å²) in [5.74, 6) is 0. The molecule has 0 atom stereocenters. The number of hydrogen-bond donors (Lipinski definition) is 1. The van der Waals surface area contributed by atoms with Crippen molar-refractivity contribution in [1.82, 2.24) is 9.97 Å². The average molecular weight is 357 g/mol. The molecule has 3 nitrogen and oxygen atoms in total. The second kappa shape index (κ2) is 5.36. The van der Waals surface area contributed by atoms with E-state index in [4.69, 9.17) is 0 Å². The highest BCUT2D eigenvalue weighted by Crippen LogP contribution is 2.35. The molecule has 0 radical (unpaired) electrons. The van der Waals surface area contributed by atoms with Crippen LogP contribution in [0.3, 0.4) is 0 Å². The van der Waals surface area contributed by atoms with Crippen LogP contribution in [0.15, 0.2) is 33.5 Å².